The Balaban J connectivity index is 1.85. The molecule has 0 aliphatic carbocycles. The summed E-state index contributed by atoms with van der Waals surface area (Å²) in [7, 11) is 0. The van der Waals surface area contributed by atoms with Gasteiger partial charge in [-0.05, 0) is 25.9 Å². The summed E-state index contributed by atoms with van der Waals surface area (Å²) >= 11 is 0. The van der Waals surface area contributed by atoms with E-state index in [1.54, 1.807) is 0 Å². The molecule has 0 saturated carbocycles. The van der Waals surface area contributed by atoms with Gasteiger partial charge in [0.25, 0.3) is 0 Å². The van der Waals surface area contributed by atoms with Gasteiger partial charge in [-0.25, -0.2) is 0 Å². The smallest absolute Gasteiger partial charge is 0.0322 e. The first-order chi connectivity index (χ1) is 6.86. The third kappa shape index (κ3) is 4.43. The molecule has 1 heterocycles. The fourth-order valence-corrected chi connectivity index (χ4v) is 1.95. The van der Waals surface area contributed by atoms with Crippen LogP contribution in [0.25, 0.3) is 0 Å². The minimum Gasteiger partial charge on any atom is -0.311 e. The predicted molar refractivity (Wildman–Crippen MR) is 62.7 cm³/mol. The third-order valence-electron chi connectivity index (χ3n) is 3.00. The van der Waals surface area contributed by atoms with Crippen LogP contribution < -0.4 is 5.32 Å². The van der Waals surface area contributed by atoms with Crippen LogP contribution in [-0.4, -0.2) is 37.1 Å². The Morgan fingerprint density at radius 2 is 1.79 bits per heavy atom. The molecule has 2 nitrogen and oxygen atoms in total. The van der Waals surface area contributed by atoms with E-state index < -0.39 is 0 Å². The maximum atomic E-state index is 3.60. The van der Waals surface area contributed by atoms with Crippen molar-refractivity contribution < 1.29 is 0 Å². The Kier molecular flexibility index (Phi) is 6.20. The van der Waals surface area contributed by atoms with Gasteiger partial charge in [0.15, 0.2) is 0 Å². The Hall–Kier alpha value is -0.0800. The standard InChI is InChI=1S/C12H26N2/c1-3-5-7-9-14-10-12(11-14)13-8-6-4-2/h12-13H,3-11H2,1-2H3. The van der Waals surface area contributed by atoms with Gasteiger partial charge in [0, 0.05) is 19.1 Å². The van der Waals surface area contributed by atoms with Gasteiger partial charge >= 0.3 is 0 Å². The van der Waals surface area contributed by atoms with Crippen molar-refractivity contribution in [2.45, 2.75) is 52.0 Å². The molecule has 14 heavy (non-hydrogen) atoms. The van der Waals surface area contributed by atoms with Crippen molar-refractivity contribution in [1.82, 2.24) is 10.2 Å². The maximum absolute atomic E-state index is 3.60. The molecular weight excluding hydrogens is 172 g/mol. The fourth-order valence-electron chi connectivity index (χ4n) is 1.95. The molecule has 0 unspecified atom stereocenters. The molecule has 0 aromatic heterocycles. The van der Waals surface area contributed by atoms with Gasteiger partial charge in [0.1, 0.15) is 0 Å². The second-order valence-electron chi connectivity index (χ2n) is 4.47. The molecule has 1 aliphatic heterocycles. The summed E-state index contributed by atoms with van der Waals surface area (Å²) in [4.78, 5) is 2.57. The summed E-state index contributed by atoms with van der Waals surface area (Å²) in [6.45, 7) is 9.62. The lowest BCUT2D eigenvalue weighted by atomic mass is 10.1. The van der Waals surface area contributed by atoms with Crippen molar-refractivity contribution in [1.29, 1.82) is 0 Å². The number of hydrogen-bond acceptors (Lipinski definition) is 2. The van der Waals surface area contributed by atoms with Gasteiger partial charge in [-0.15, -0.1) is 0 Å². The summed E-state index contributed by atoms with van der Waals surface area (Å²) in [6.07, 6.45) is 6.75. The molecule has 1 fully saturated rings. The monoisotopic (exact) mass is 198 g/mol. The van der Waals surface area contributed by atoms with Gasteiger partial charge in [-0.3, -0.25) is 0 Å². The number of unbranched alkanes of at least 4 members (excludes halogenated alkanes) is 3. The number of nitrogens with zero attached hydrogens (tertiary/aromatic N) is 1. The van der Waals surface area contributed by atoms with Gasteiger partial charge < -0.3 is 10.2 Å². The molecule has 0 atom stereocenters. The van der Waals surface area contributed by atoms with Gasteiger partial charge in [-0.2, -0.15) is 0 Å². The average Bonchev–Trinajstić information content (AvgIpc) is 2.13. The number of likely N-dealkylation sites (tertiary alicyclic amines) is 1. The lowest BCUT2D eigenvalue weighted by Crippen LogP contribution is -2.58. The topological polar surface area (TPSA) is 15.3 Å². The molecule has 0 aromatic rings. The van der Waals surface area contributed by atoms with E-state index in [1.807, 2.05) is 0 Å². The SMILES string of the molecule is CCCCCN1CC(NCCCC)C1. The summed E-state index contributed by atoms with van der Waals surface area (Å²) < 4.78 is 0. The quantitative estimate of drug-likeness (QED) is 0.602. The number of hydrogen-bond donors (Lipinski definition) is 1. The summed E-state index contributed by atoms with van der Waals surface area (Å²) in [5.41, 5.74) is 0. The van der Waals surface area contributed by atoms with Crippen LogP contribution >= 0.6 is 0 Å². The molecule has 84 valence electrons. The van der Waals surface area contributed by atoms with Crippen LogP contribution in [0.15, 0.2) is 0 Å². The molecule has 1 aliphatic rings. The summed E-state index contributed by atoms with van der Waals surface area (Å²) in [5, 5.41) is 3.60. The first-order valence-corrected chi connectivity index (χ1v) is 6.32. The molecule has 0 bridgehead atoms. The second kappa shape index (κ2) is 7.24. The van der Waals surface area contributed by atoms with Crippen molar-refractivity contribution in [3.05, 3.63) is 0 Å². The number of nitrogens with one attached hydrogen (secondary N) is 1. The summed E-state index contributed by atoms with van der Waals surface area (Å²) in [5.74, 6) is 0. The first-order valence-electron chi connectivity index (χ1n) is 6.32. The van der Waals surface area contributed by atoms with Crippen molar-refractivity contribution in [3.63, 3.8) is 0 Å². The highest BCUT2D eigenvalue weighted by Gasteiger charge is 2.24. The highest BCUT2D eigenvalue weighted by molar-refractivity contribution is 4.85. The molecule has 2 heteroatoms. The van der Waals surface area contributed by atoms with Crippen LogP contribution in [0.3, 0.4) is 0 Å². The minimum absolute atomic E-state index is 0.795. The third-order valence-corrected chi connectivity index (χ3v) is 3.00. The number of rotatable bonds is 8. The van der Waals surface area contributed by atoms with Gasteiger partial charge in [0.05, 0.1) is 0 Å². The predicted octanol–water partition coefficient (Wildman–Crippen LogP) is 2.25. The highest BCUT2D eigenvalue weighted by atomic mass is 15.2. The van der Waals surface area contributed by atoms with Crippen LogP contribution in [0.2, 0.25) is 0 Å². The fraction of sp³-hybridized carbons (Fsp3) is 1.00. The van der Waals surface area contributed by atoms with Gasteiger partial charge in [0.2, 0.25) is 0 Å². The molecule has 0 radical (unpaired) electrons. The van der Waals surface area contributed by atoms with Crippen LogP contribution in [0.1, 0.15) is 46.0 Å². The van der Waals surface area contributed by atoms with Crippen LogP contribution in [0.5, 0.6) is 0 Å². The van der Waals surface area contributed by atoms with Crippen LogP contribution in [0, 0.1) is 0 Å². The molecule has 1 saturated heterocycles. The molecule has 0 aromatic carbocycles. The van der Waals surface area contributed by atoms with Crippen molar-refractivity contribution in [2.24, 2.45) is 0 Å². The van der Waals surface area contributed by atoms with E-state index in [9.17, 15) is 0 Å². The Bertz CT molecular complexity index is 116. The first kappa shape index (κ1) is 12.0. The van der Waals surface area contributed by atoms with E-state index >= 15 is 0 Å². The Morgan fingerprint density at radius 1 is 1.07 bits per heavy atom. The van der Waals surface area contributed by atoms with Crippen LogP contribution in [0.4, 0.5) is 0 Å². The second-order valence-corrected chi connectivity index (χ2v) is 4.47. The largest absolute Gasteiger partial charge is 0.311 e. The van der Waals surface area contributed by atoms with Crippen molar-refractivity contribution >= 4 is 0 Å². The Labute approximate surface area is 89.1 Å². The van der Waals surface area contributed by atoms with E-state index in [2.05, 4.69) is 24.1 Å². The zero-order valence-corrected chi connectivity index (χ0v) is 9.89. The zero-order valence-electron chi connectivity index (χ0n) is 9.89. The van der Waals surface area contributed by atoms with E-state index in [4.69, 9.17) is 0 Å². The molecule has 1 rings (SSSR count). The van der Waals surface area contributed by atoms with Gasteiger partial charge in [-0.1, -0.05) is 33.1 Å². The zero-order chi connectivity index (χ0) is 10.2. The molecule has 0 amide bonds. The highest BCUT2D eigenvalue weighted by Crippen LogP contribution is 2.09. The summed E-state index contributed by atoms with van der Waals surface area (Å²) in [6, 6.07) is 0.795. The average molecular weight is 198 g/mol. The maximum Gasteiger partial charge on any atom is 0.0322 e. The minimum atomic E-state index is 0.795. The normalized spacial score (nSPS) is 18.4. The lowest BCUT2D eigenvalue weighted by molar-refractivity contribution is 0.124. The van der Waals surface area contributed by atoms with E-state index in [0.29, 0.717) is 0 Å². The van der Waals surface area contributed by atoms with E-state index in [0.717, 1.165) is 6.04 Å². The molecule has 0 spiro atoms. The molecular formula is C12H26N2. The van der Waals surface area contributed by atoms with E-state index in [1.165, 1.54) is 58.3 Å². The molecule has 1 N–H and O–H groups in total. The van der Waals surface area contributed by atoms with Crippen molar-refractivity contribution in [3.8, 4) is 0 Å². The van der Waals surface area contributed by atoms with Crippen molar-refractivity contribution in [2.75, 3.05) is 26.2 Å². The van der Waals surface area contributed by atoms with E-state index in [-0.39, 0.29) is 0 Å². The lowest BCUT2D eigenvalue weighted by Gasteiger charge is -2.39. The van der Waals surface area contributed by atoms with Crippen LogP contribution in [-0.2, 0) is 0 Å². The Morgan fingerprint density at radius 3 is 2.43 bits per heavy atom.